The zero-order valence-electron chi connectivity index (χ0n) is 14.0. The Morgan fingerprint density at radius 2 is 1.83 bits per heavy atom. The van der Waals surface area contributed by atoms with Gasteiger partial charge in [-0.3, -0.25) is 4.79 Å². The maximum atomic E-state index is 12.3. The minimum absolute atomic E-state index is 0.225. The largest absolute Gasteiger partial charge is 0.497 e. The second-order valence-corrected chi connectivity index (χ2v) is 5.75. The quantitative estimate of drug-likeness (QED) is 0.673. The number of carbonyl (C=O) groups excluding carboxylic acids is 2. The lowest BCUT2D eigenvalue weighted by molar-refractivity contribution is -0.142. The monoisotopic (exact) mass is 342 g/mol. The molecule has 6 nitrogen and oxygen atoms in total. The summed E-state index contributed by atoms with van der Waals surface area (Å²) < 4.78 is 20.5. The van der Waals surface area contributed by atoms with Crippen molar-refractivity contribution in [2.75, 3.05) is 33.7 Å². The van der Waals surface area contributed by atoms with Crippen LogP contribution in [0.1, 0.15) is 35.0 Å². The minimum Gasteiger partial charge on any atom is -0.497 e. The van der Waals surface area contributed by atoms with E-state index in [0.717, 1.165) is 0 Å². The van der Waals surface area contributed by atoms with Gasteiger partial charge in [-0.05, 0) is 18.7 Å². The normalized spacial score (nSPS) is 11.5. The molecule has 1 rings (SSSR count). The van der Waals surface area contributed by atoms with Gasteiger partial charge in [0.05, 0.1) is 33.5 Å². The summed E-state index contributed by atoms with van der Waals surface area (Å²) in [4.78, 5) is 24.5. The molecule has 23 heavy (non-hydrogen) atoms. The summed E-state index contributed by atoms with van der Waals surface area (Å²) in [6, 6.07) is 3.16. The van der Waals surface area contributed by atoms with Crippen molar-refractivity contribution in [1.82, 2.24) is 0 Å². The van der Waals surface area contributed by atoms with Crippen molar-refractivity contribution in [3.05, 3.63) is 23.3 Å². The molecule has 1 atom stereocenters. The fourth-order valence-electron chi connectivity index (χ4n) is 2.09. The van der Waals surface area contributed by atoms with Gasteiger partial charge in [0.2, 0.25) is 0 Å². The predicted octanol–water partition coefficient (Wildman–Crippen LogP) is 2.85. The highest BCUT2D eigenvalue weighted by molar-refractivity contribution is 8.00. The molecule has 0 N–H and O–H groups in total. The second kappa shape index (κ2) is 9.29. The van der Waals surface area contributed by atoms with E-state index in [1.807, 2.05) is 6.92 Å². The summed E-state index contributed by atoms with van der Waals surface area (Å²) in [6.45, 7) is 3.91. The third kappa shape index (κ3) is 4.54. The van der Waals surface area contributed by atoms with Crippen LogP contribution in [-0.2, 0) is 14.3 Å². The molecule has 0 aliphatic rings. The Hall–Kier alpha value is -1.89. The van der Waals surface area contributed by atoms with Crippen LogP contribution in [0, 0.1) is 0 Å². The lowest BCUT2D eigenvalue weighted by Gasteiger charge is -2.21. The third-order valence-corrected chi connectivity index (χ3v) is 4.17. The van der Waals surface area contributed by atoms with Gasteiger partial charge >= 0.3 is 11.9 Å². The van der Waals surface area contributed by atoms with E-state index in [0.29, 0.717) is 22.8 Å². The lowest BCUT2D eigenvalue weighted by atomic mass is 10.0. The van der Waals surface area contributed by atoms with Crippen LogP contribution in [0.2, 0.25) is 0 Å². The molecule has 0 aliphatic carbocycles. The van der Waals surface area contributed by atoms with E-state index in [-0.39, 0.29) is 12.2 Å². The molecule has 0 aromatic heterocycles. The Labute approximate surface area is 140 Å². The number of benzene rings is 1. The minimum atomic E-state index is -0.685. The average molecular weight is 342 g/mol. The van der Waals surface area contributed by atoms with Gasteiger partial charge in [-0.1, -0.05) is 6.92 Å². The Morgan fingerprint density at radius 1 is 1.13 bits per heavy atom. The van der Waals surface area contributed by atoms with E-state index in [2.05, 4.69) is 0 Å². The highest BCUT2D eigenvalue weighted by Crippen LogP contribution is 2.41. The molecule has 1 unspecified atom stereocenters. The molecule has 0 radical (unpaired) electrons. The number of methoxy groups -OCH3 is 3. The van der Waals surface area contributed by atoms with E-state index >= 15 is 0 Å². The number of hydrogen-bond donors (Lipinski definition) is 0. The fraction of sp³-hybridized carbons (Fsp3) is 0.500. The highest BCUT2D eigenvalue weighted by Gasteiger charge is 2.31. The maximum absolute atomic E-state index is 12.3. The Balaban J connectivity index is 3.54. The van der Waals surface area contributed by atoms with E-state index in [4.69, 9.17) is 18.9 Å². The third-order valence-electron chi connectivity index (χ3n) is 3.07. The average Bonchev–Trinajstić information content (AvgIpc) is 2.58. The summed E-state index contributed by atoms with van der Waals surface area (Å²) in [5.74, 6) is 0.495. The topological polar surface area (TPSA) is 71.1 Å². The van der Waals surface area contributed by atoms with Gasteiger partial charge < -0.3 is 18.9 Å². The summed E-state index contributed by atoms with van der Waals surface area (Å²) in [6.07, 6.45) is 0. The lowest BCUT2D eigenvalue weighted by Crippen LogP contribution is -2.18. The van der Waals surface area contributed by atoms with Crippen LogP contribution in [-0.4, -0.2) is 45.6 Å². The number of carbonyl (C=O) groups is 2. The van der Waals surface area contributed by atoms with E-state index in [9.17, 15) is 9.59 Å². The van der Waals surface area contributed by atoms with Gasteiger partial charge in [0, 0.05) is 11.6 Å². The van der Waals surface area contributed by atoms with Gasteiger partial charge in [0.15, 0.2) is 0 Å². The number of ether oxygens (including phenoxy) is 4. The van der Waals surface area contributed by atoms with Crippen LogP contribution in [0.3, 0.4) is 0 Å². The molecule has 128 valence electrons. The maximum Gasteiger partial charge on any atom is 0.338 e. The summed E-state index contributed by atoms with van der Waals surface area (Å²) in [5.41, 5.74) is 0.660. The number of hydrogen-bond acceptors (Lipinski definition) is 7. The van der Waals surface area contributed by atoms with Gasteiger partial charge in [0.1, 0.15) is 16.7 Å². The van der Waals surface area contributed by atoms with Crippen molar-refractivity contribution in [1.29, 1.82) is 0 Å². The van der Waals surface area contributed by atoms with Crippen LogP contribution in [0.5, 0.6) is 11.5 Å². The SMILES string of the molecule is CCOC(=O)C(SCC)c1c(OC)cc(OC)cc1C(=O)OC. The molecule has 0 amide bonds. The summed E-state index contributed by atoms with van der Waals surface area (Å²) in [5, 5.41) is -0.685. The van der Waals surface area contributed by atoms with Gasteiger partial charge in [-0.15, -0.1) is 11.8 Å². The molecule has 0 aliphatic heterocycles. The van der Waals surface area contributed by atoms with Crippen LogP contribution in [0.4, 0.5) is 0 Å². The first kappa shape index (κ1) is 19.2. The van der Waals surface area contributed by atoms with Crippen molar-refractivity contribution < 1.29 is 28.5 Å². The number of rotatable bonds is 8. The van der Waals surface area contributed by atoms with Crippen LogP contribution in [0.15, 0.2) is 12.1 Å². The van der Waals surface area contributed by atoms with Crippen molar-refractivity contribution in [2.45, 2.75) is 19.1 Å². The van der Waals surface area contributed by atoms with Crippen molar-refractivity contribution in [2.24, 2.45) is 0 Å². The second-order valence-electron chi connectivity index (χ2n) is 4.37. The van der Waals surface area contributed by atoms with E-state index < -0.39 is 17.2 Å². The standard InChI is InChI=1S/C16H22O6S/c1-6-22-16(18)14(23-7-2)13-11(15(17)21-5)8-10(19-3)9-12(13)20-4/h8-9,14H,6-7H2,1-5H3. The predicted molar refractivity (Wildman–Crippen MR) is 88.4 cm³/mol. The Kier molecular flexibility index (Phi) is 7.74. The van der Waals surface area contributed by atoms with E-state index in [1.165, 1.54) is 39.2 Å². The van der Waals surface area contributed by atoms with Gasteiger partial charge in [-0.25, -0.2) is 4.79 Å². The molecule has 7 heteroatoms. The van der Waals surface area contributed by atoms with Crippen molar-refractivity contribution in [3.8, 4) is 11.5 Å². The molecule has 0 heterocycles. The molecule has 0 saturated carbocycles. The zero-order chi connectivity index (χ0) is 17.4. The van der Waals surface area contributed by atoms with Gasteiger partial charge in [0.25, 0.3) is 0 Å². The molecule has 1 aromatic carbocycles. The van der Waals surface area contributed by atoms with Gasteiger partial charge in [-0.2, -0.15) is 0 Å². The molecule has 0 fully saturated rings. The molecule has 1 aromatic rings. The van der Waals surface area contributed by atoms with Crippen molar-refractivity contribution in [3.63, 3.8) is 0 Å². The fourth-order valence-corrected chi connectivity index (χ4v) is 3.04. The van der Waals surface area contributed by atoms with Crippen LogP contribution in [0.25, 0.3) is 0 Å². The highest BCUT2D eigenvalue weighted by atomic mass is 32.2. The summed E-state index contributed by atoms with van der Waals surface area (Å²) >= 11 is 1.36. The Morgan fingerprint density at radius 3 is 2.30 bits per heavy atom. The molecule has 0 bridgehead atoms. The first-order valence-electron chi connectivity index (χ1n) is 7.16. The van der Waals surface area contributed by atoms with Crippen molar-refractivity contribution >= 4 is 23.7 Å². The van der Waals surface area contributed by atoms with Crippen LogP contribution >= 0.6 is 11.8 Å². The molecule has 0 spiro atoms. The number of thioether (sulfide) groups is 1. The van der Waals surface area contributed by atoms with Crippen LogP contribution < -0.4 is 9.47 Å². The Bertz CT molecular complexity index is 558. The zero-order valence-corrected chi connectivity index (χ0v) is 14.8. The first-order valence-corrected chi connectivity index (χ1v) is 8.21. The smallest absolute Gasteiger partial charge is 0.338 e. The summed E-state index contributed by atoms with van der Waals surface area (Å²) in [7, 11) is 4.24. The molecule has 0 saturated heterocycles. The van der Waals surface area contributed by atoms with E-state index in [1.54, 1.807) is 13.0 Å². The number of esters is 2. The first-order chi connectivity index (χ1) is 11.0. The molecular weight excluding hydrogens is 320 g/mol. The molecular formula is C16H22O6S.